The van der Waals surface area contributed by atoms with Crippen LogP contribution in [0.1, 0.15) is 32.3 Å². The summed E-state index contributed by atoms with van der Waals surface area (Å²) in [5, 5.41) is 4.35. The van der Waals surface area contributed by atoms with E-state index in [1.165, 1.54) is 18.4 Å². The molecule has 0 aliphatic heterocycles. The maximum Gasteiger partial charge on any atom is 0.118 e. The second-order valence-corrected chi connectivity index (χ2v) is 6.35. The van der Waals surface area contributed by atoms with Crippen molar-refractivity contribution < 1.29 is 4.74 Å². The van der Waals surface area contributed by atoms with E-state index < -0.39 is 0 Å². The topological polar surface area (TPSA) is 21.3 Å². The maximum absolute atomic E-state index is 5.17. The van der Waals surface area contributed by atoms with Crippen molar-refractivity contribution in [3.63, 3.8) is 0 Å². The first-order valence-corrected chi connectivity index (χ1v) is 8.33. The Morgan fingerprint density at radius 2 is 1.84 bits per heavy atom. The number of hydrogen-bond donors (Lipinski definition) is 1. The number of rotatable bonds is 9. The van der Waals surface area contributed by atoms with E-state index in [1.54, 1.807) is 7.11 Å². The third-order valence-electron chi connectivity index (χ3n) is 3.47. The van der Waals surface area contributed by atoms with Crippen LogP contribution in [0, 0.1) is 0 Å². The zero-order valence-corrected chi connectivity index (χ0v) is 13.4. The van der Waals surface area contributed by atoms with Crippen LogP contribution in [0.15, 0.2) is 24.3 Å². The van der Waals surface area contributed by atoms with Crippen molar-refractivity contribution in [3.05, 3.63) is 29.8 Å². The van der Waals surface area contributed by atoms with Crippen molar-refractivity contribution in [2.24, 2.45) is 0 Å². The fourth-order valence-corrected chi connectivity index (χ4v) is 2.28. The Kier molecular flexibility index (Phi) is 7.99. The molecule has 0 spiro atoms. The number of thioether (sulfide) groups is 1. The predicted octanol–water partition coefficient (Wildman–Crippen LogP) is 3.75. The summed E-state index contributed by atoms with van der Waals surface area (Å²) in [4.78, 5) is 0. The Labute approximate surface area is 122 Å². The van der Waals surface area contributed by atoms with E-state index in [1.807, 2.05) is 23.9 Å². The smallest absolute Gasteiger partial charge is 0.118 e. The summed E-state index contributed by atoms with van der Waals surface area (Å²) in [5.41, 5.74) is 1.38. The summed E-state index contributed by atoms with van der Waals surface area (Å²) in [7, 11) is 1.70. The van der Waals surface area contributed by atoms with Gasteiger partial charge in [-0.25, -0.2) is 0 Å². The lowest BCUT2D eigenvalue weighted by atomic mass is 10.1. The Morgan fingerprint density at radius 1 is 1.16 bits per heavy atom. The summed E-state index contributed by atoms with van der Waals surface area (Å²) >= 11 is 1.94. The Morgan fingerprint density at radius 3 is 2.42 bits per heavy atom. The molecule has 2 nitrogen and oxygen atoms in total. The van der Waals surface area contributed by atoms with E-state index in [2.05, 4.69) is 37.6 Å². The van der Waals surface area contributed by atoms with Crippen LogP contribution in [0.3, 0.4) is 0 Å². The van der Waals surface area contributed by atoms with Crippen LogP contribution >= 0.6 is 11.8 Å². The summed E-state index contributed by atoms with van der Waals surface area (Å²) in [6.45, 7) is 5.67. The summed E-state index contributed by atoms with van der Waals surface area (Å²) < 4.78 is 5.17. The summed E-state index contributed by atoms with van der Waals surface area (Å²) in [6.07, 6.45) is 5.72. The van der Waals surface area contributed by atoms with Crippen molar-refractivity contribution in [2.75, 3.05) is 19.9 Å². The largest absolute Gasteiger partial charge is 0.497 e. The first kappa shape index (κ1) is 16.4. The average molecular weight is 281 g/mol. The van der Waals surface area contributed by atoms with Crippen LogP contribution in [0.2, 0.25) is 0 Å². The van der Waals surface area contributed by atoms with E-state index in [-0.39, 0.29) is 0 Å². The van der Waals surface area contributed by atoms with Gasteiger partial charge >= 0.3 is 0 Å². The van der Waals surface area contributed by atoms with Gasteiger partial charge in [-0.15, -0.1) is 0 Å². The molecular weight excluding hydrogens is 254 g/mol. The predicted molar refractivity (Wildman–Crippen MR) is 86.4 cm³/mol. The molecule has 0 radical (unpaired) electrons. The van der Waals surface area contributed by atoms with E-state index >= 15 is 0 Å². The Balaban J connectivity index is 2.20. The van der Waals surface area contributed by atoms with Gasteiger partial charge in [-0.05, 0) is 56.7 Å². The van der Waals surface area contributed by atoms with Gasteiger partial charge in [-0.3, -0.25) is 0 Å². The minimum Gasteiger partial charge on any atom is -0.497 e. The Bertz CT molecular complexity index is 339. The minimum absolute atomic E-state index is 0.580. The number of methoxy groups -OCH3 is 1. The molecule has 0 bridgehead atoms. The zero-order chi connectivity index (χ0) is 14.1. The van der Waals surface area contributed by atoms with Crippen molar-refractivity contribution in [2.45, 2.75) is 44.4 Å². The molecule has 1 N–H and O–H groups in total. The molecule has 2 atom stereocenters. The van der Waals surface area contributed by atoms with E-state index in [4.69, 9.17) is 4.74 Å². The van der Waals surface area contributed by atoms with Crippen molar-refractivity contribution >= 4 is 11.8 Å². The molecule has 0 amide bonds. The van der Waals surface area contributed by atoms with Crippen molar-refractivity contribution in [1.29, 1.82) is 0 Å². The highest BCUT2D eigenvalue weighted by Gasteiger charge is 2.04. The third-order valence-corrected chi connectivity index (χ3v) is 4.51. The molecule has 1 rings (SSSR count). The molecule has 3 heteroatoms. The molecule has 0 aliphatic carbocycles. The number of aryl methyl sites for hydroxylation is 1. The van der Waals surface area contributed by atoms with Gasteiger partial charge in [0, 0.05) is 11.3 Å². The second kappa shape index (κ2) is 9.27. The molecule has 2 unspecified atom stereocenters. The summed E-state index contributed by atoms with van der Waals surface area (Å²) in [5.74, 6) is 0.931. The lowest BCUT2D eigenvalue weighted by Crippen LogP contribution is -2.28. The first-order chi connectivity index (χ1) is 9.15. The molecule has 1 aromatic rings. The van der Waals surface area contributed by atoms with Crippen molar-refractivity contribution in [1.82, 2.24) is 5.32 Å². The van der Waals surface area contributed by atoms with Gasteiger partial charge in [0.1, 0.15) is 5.75 Å². The average Bonchev–Trinajstić information content (AvgIpc) is 2.45. The molecule has 0 fully saturated rings. The van der Waals surface area contributed by atoms with Gasteiger partial charge in [0.25, 0.3) is 0 Å². The van der Waals surface area contributed by atoms with E-state index in [0.717, 1.165) is 24.0 Å². The lowest BCUT2D eigenvalue weighted by Gasteiger charge is -2.15. The molecule has 108 valence electrons. The molecule has 0 saturated carbocycles. The minimum atomic E-state index is 0.580. The molecule has 0 heterocycles. The monoisotopic (exact) mass is 281 g/mol. The molecule has 0 saturated heterocycles. The second-order valence-electron chi connectivity index (χ2n) is 5.08. The number of benzene rings is 1. The van der Waals surface area contributed by atoms with E-state index in [0.29, 0.717) is 6.04 Å². The molecule has 0 aliphatic rings. The van der Waals surface area contributed by atoms with Crippen LogP contribution in [0.4, 0.5) is 0 Å². The van der Waals surface area contributed by atoms with Crippen LogP contribution in [-0.4, -0.2) is 31.2 Å². The van der Waals surface area contributed by atoms with Gasteiger partial charge in [-0.1, -0.05) is 19.1 Å². The lowest BCUT2D eigenvalue weighted by molar-refractivity contribution is 0.414. The van der Waals surface area contributed by atoms with Gasteiger partial charge in [-0.2, -0.15) is 11.8 Å². The highest BCUT2D eigenvalue weighted by atomic mass is 32.2. The maximum atomic E-state index is 5.17. The first-order valence-electron chi connectivity index (χ1n) is 7.04. The quantitative estimate of drug-likeness (QED) is 0.745. The summed E-state index contributed by atoms with van der Waals surface area (Å²) in [6, 6.07) is 8.96. The van der Waals surface area contributed by atoms with Crippen LogP contribution in [0.5, 0.6) is 5.75 Å². The molecule has 0 aromatic heterocycles. The fourth-order valence-electron chi connectivity index (χ4n) is 1.93. The van der Waals surface area contributed by atoms with Gasteiger partial charge in [0.2, 0.25) is 0 Å². The number of ether oxygens (including phenoxy) is 1. The third kappa shape index (κ3) is 6.88. The van der Waals surface area contributed by atoms with E-state index in [9.17, 15) is 0 Å². The highest BCUT2D eigenvalue weighted by Crippen LogP contribution is 2.13. The number of nitrogens with one attached hydrogen (secondary N) is 1. The number of hydrogen-bond acceptors (Lipinski definition) is 3. The zero-order valence-electron chi connectivity index (χ0n) is 12.6. The fraction of sp³-hybridized carbons (Fsp3) is 0.625. The van der Waals surface area contributed by atoms with Gasteiger partial charge in [0.05, 0.1) is 7.11 Å². The SMILES string of the molecule is COc1ccc(CCC(C)NCCC(C)SC)cc1. The van der Waals surface area contributed by atoms with Gasteiger partial charge in [0.15, 0.2) is 0 Å². The van der Waals surface area contributed by atoms with Crippen molar-refractivity contribution in [3.8, 4) is 5.75 Å². The van der Waals surface area contributed by atoms with Gasteiger partial charge < -0.3 is 10.1 Å². The molecule has 1 aromatic carbocycles. The van der Waals surface area contributed by atoms with Crippen LogP contribution < -0.4 is 10.1 Å². The normalized spacial score (nSPS) is 14.1. The molecular formula is C16H27NOS. The highest BCUT2D eigenvalue weighted by molar-refractivity contribution is 7.99. The van der Waals surface area contributed by atoms with Crippen LogP contribution in [-0.2, 0) is 6.42 Å². The van der Waals surface area contributed by atoms with Crippen LogP contribution in [0.25, 0.3) is 0 Å². The Hall–Kier alpha value is -0.670. The molecule has 19 heavy (non-hydrogen) atoms. The standard InChI is InChI=1S/C16H27NOS/c1-13(17-12-11-14(2)19-4)5-6-15-7-9-16(18-3)10-8-15/h7-10,13-14,17H,5-6,11-12H2,1-4H3.